The highest BCUT2D eigenvalue weighted by atomic mass is 32.2. The van der Waals surface area contributed by atoms with Gasteiger partial charge in [-0.15, -0.1) is 0 Å². The Morgan fingerprint density at radius 1 is 1.37 bits per heavy atom. The smallest absolute Gasteiger partial charge is 0.287 e. The van der Waals surface area contributed by atoms with E-state index in [1.54, 1.807) is 0 Å². The van der Waals surface area contributed by atoms with Gasteiger partial charge in [0.05, 0.1) is 5.75 Å². The van der Waals surface area contributed by atoms with Crippen LogP contribution in [0.15, 0.2) is 15.4 Å². The Morgan fingerprint density at radius 2 is 1.95 bits per heavy atom. The molecule has 8 nitrogen and oxygen atoms in total. The molecule has 0 atom stereocenters. The van der Waals surface area contributed by atoms with Crippen molar-refractivity contribution in [1.82, 2.24) is 5.32 Å². The maximum absolute atomic E-state index is 11.6. The van der Waals surface area contributed by atoms with E-state index in [0.29, 0.717) is 0 Å². The van der Waals surface area contributed by atoms with Gasteiger partial charge in [0.1, 0.15) is 20.5 Å². The molecule has 0 aliphatic heterocycles. The molecule has 0 radical (unpaired) electrons. The molecular formula is C9H14N2O6S2. The van der Waals surface area contributed by atoms with E-state index < -0.39 is 25.8 Å². The van der Waals surface area contributed by atoms with Crippen LogP contribution in [-0.4, -0.2) is 41.3 Å². The molecule has 0 aliphatic rings. The second kappa shape index (κ2) is 5.31. The van der Waals surface area contributed by atoms with Gasteiger partial charge in [0, 0.05) is 18.9 Å². The zero-order valence-electron chi connectivity index (χ0n) is 10.3. The van der Waals surface area contributed by atoms with Gasteiger partial charge in [0.2, 0.25) is 10.0 Å². The maximum Gasteiger partial charge on any atom is 0.287 e. The Balaban J connectivity index is 2.80. The summed E-state index contributed by atoms with van der Waals surface area (Å²) in [6.07, 6.45) is 1.04. The summed E-state index contributed by atoms with van der Waals surface area (Å²) in [6.45, 7) is 1.26. The van der Waals surface area contributed by atoms with Crippen LogP contribution < -0.4 is 10.5 Å². The molecule has 19 heavy (non-hydrogen) atoms. The van der Waals surface area contributed by atoms with Crippen molar-refractivity contribution < 1.29 is 26.0 Å². The first kappa shape index (κ1) is 15.7. The van der Waals surface area contributed by atoms with E-state index in [2.05, 4.69) is 5.32 Å². The van der Waals surface area contributed by atoms with Crippen molar-refractivity contribution >= 4 is 25.8 Å². The van der Waals surface area contributed by atoms with Crippen molar-refractivity contribution in [2.45, 2.75) is 11.8 Å². The molecule has 1 amide bonds. The van der Waals surface area contributed by atoms with Crippen molar-refractivity contribution in [3.05, 3.63) is 17.6 Å². The molecule has 1 rings (SSSR count). The lowest BCUT2D eigenvalue weighted by molar-refractivity contribution is 0.0927. The van der Waals surface area contributed by atoms with Gasteiger partial charge < -0.3 is 9.73 Å². The summed E-state index contributed by atoms with van der Waals surface area (Å²) >= 11 is 0. The van der Waals surface area contributed by atoms with Crippen LogP contribution in [0.3, 0.4) is 0 Å². The summed E-state index contributed by atoms with van der Waals surface area (Å²) in [5.41, 5.74) is 0. The highest BCUT2D eigenvalue weighted by Crippen LogP contribution is 2.18. The molecule has 0 spiro atoms. The minimum absolute atomic E-state index is 0.00392. The molecule has 0 bridgehead atoms. The van der Waals surface area contributed by atoms with Gasteiger partial charge in [-0.2, -0.15) is 0 Å². The SMILES string of the molecule is Cc1oc(C(=O)NCCS(C)(=O)=O)cc1S(N)(=O)=O. The van der Waals surface area contributed by atoms with Crippen LogP contribution in [0.1, 0.15) is 16.3 Å². The van der Waals surface area contributed by atoms with Gasteiger partial charge in [0.15, 0.2) is 5.76 Å². The first-order valence-corrected chi connectivity index (χ1v) is 8.70. The molecule has 3 N–H and O–H groups in total. The first-order valence-electron chi connectivity index (χ1n) is 5.10. The molecular weight excluding hydrogens is 296 g/mol. The summed E-state index contributed by atoms with van der Waals surface area (Å²) in [4.78, 5) is 11.3. The molecule has 10 heteroatoms. The minimum Gasteiger partial charge on any atom is -0.455 e. The number of nitrogens with two attached hydrogens (primary N) is 1. The Hall–Kier alpha value is -1.39. The van der Waals surface area contributed by atoms with Gasteiger partial charge in [-0.05, 0) is 6.92 Å². The van der Waals surface area contributed by atoms with E-state index in [1.807, 2.05) is 0 Å². The topological polar surface area (TPSA) is 137 Å². The fraction of sp³-hybridized carbons (Fsp3) is 0.444. The Morgan fingerprint density at radius 3 is 2.37 bits per heavy atom. The van der Waals surface area contributed by atoms with Gasteiger partial charge in [0.25, 0.3) is 5.91 Å². The third-order valence-corrected chi connectivity index (χ3v) is 4.13. The fourth-order valence-corrected chi connectivity index (χ4v) is 2.48. The van der Waals surface area contributed by atoms with Crippen LogP contribution in [-0.2, 0) is 19.9 Å². The molecule has 0 aromatic carbocycles. The lowest BCUT2D eigenvalue weighted by Crippen LogP contribution is -2.28. The zero-order valence-corrected chi connectivity index (χ0v) is 12.0. The van der Waals surface area contributed by atoms with E-state index in [1.165, 1.54) is 6.92 Å². The van der Waals surface area contributed by atoms with Gasteiger partial charge >= 0.3 is 0 Å². The monoisotopic (exact) mass is 310 g/mol. The highest BCUT2D eigenvalue weighted by molar-refractivity contribution is 7.90. The molecule has 0 fully saturated rings. The number of sulfonamides is 1. The van der Waals surface area contributed by atoms with E-state index in [-0.39, 0.29) is 28.7 Å². The second-order valence-corrected chi connectivity index (χ2v) is 7.75. The molecule has 0 saturated heterocycles. The average molecular weight is 310 g/mol. The number of rotatable bonds is 5. The van der Waals surface area contributed by atoms with Crippen molar-refractivity contribution in [2.24, 2.45) is 5.14 Å². The third kappa shape index (κ3) is 4.65. The Labute approximate surface area is 110 Å². The largest absolute Gasteiger partial charge is 0.455 e. The predicted molar refractivity (Wildman–Crippen MR) is 66.9 cm³/mol. The number of hydrogen-bond donors (Lipinski definition) is 2. The molecule has 0 saturated carbocycles. The number of nitrogens with one attached hydrogen (secondary N) is 1. The van der Waals surface area contributed by atoms with E-state index in [0.717, 1.165) is 12.3 Å². The summed E-state index contributed by atoms with van der Waals surface area (Å²) in [5.74, 6) is -1.17. The molecule has 108 valence electrons. The molecule has 1 aromatic rings. The van der Waals surface area contributed by atoms with E-state index in [4.69, 9.17) is 9.56 Å². The number of furan rings is 1. The molecule has 0 unspecified atom stereocenters. The van der Waals surface area contributed by atoms with E-state index in [9.17, 15) is 21.6 Å². The Kier molecular flexibility index (Phi) is 4.38. The number of sulfone groups is 1. The third-order valence-electron chi connectivity index (χ3n) is 2.16. The molecule has 1 heterocycles. The van der Waals surface area contributed by atoms with Crippen LogP contribution in [0.25, 0.3) is 0 Å². The number of hydrogen-bond acceptors (Lipinski definition) is 6. The van der Waals surface area contributed by atoms with Crippen LogP contribution in [0.4, 0.5) is 0 Å². The molecule has 0 aliphatic carbocycles. The van der Waals surface area contributed by atoms with Crippen molar-refractivity contribution in [3.63, 3.8) is 0 Å². The van der Waals surface area contributed by atoms with Gasteiger partial charge in [-0.25, -0.2) is 22.0 Å². The zero-order chi connectivity index (χ0) is 14.8. The minimum atomic E-state index is -3.96. The first-order chi connectivity index (χ1) is 8.50. The van der Waals surface area contributed by atoms with Crippen molar-refractivity contribution in [2.75, 3.05) is 18.6 Å². The van der Waals surface area contributed by atoms with Crippen LogP contribution in [0.5, 0.6) is 0 Å². The number of carbonyl (C=O) groups is 1. The number of carbonyl (C=O) groups excluding carboxylic acids is 1. The van der Waals surface area contributed by atoms with Crippen molar-refractivity contribution in [1.29, 1.82) is 0 Å². The average Bonchev–Trinajstić information content (AvgIpc) is 2.57. The number of amides is 1. The number of aryl methyl sites for hydroxylation is 1. The lowest BCUT2D eigenvalue weighted by atomic mass is 10.4. The fourth-order valence-electron chi connectivity index (χ4n) is 1.30. The summed E-state index contributed by atoms with van der Waals surface area (Å²) in [6, 6.07) is 1.00. The second-order valence-electron chi connectivity index (χ2n) is 3.96. The van der Waals surface area contributed by atoms with Crippen LogP contribution in [0, 0.1) is 6.92 Å². The Bertz CT molecular complexity index is 686. The van der Waals surface area contributed by atoms with Crippen LogP contribution in [0.2, 0.25) is 0 Å². The highest BCUT2D eigenvalue weighted by Gasteiger charge is 2.20. The summed E-state index contributed by atoms with van der Waals surface area (Å²) in [5, 5.41) is 7.23. The summed E-state index contributed by atoms with van der Waals surface area (Å²) in [7, 11) is -7.15. The molecule has 1 aromatic heterocycles. The quantitative estimate of drug-likeness (QED) is 0.716. The standard InChI is InChI=1S/C9H14N2O6S2/c1-6-8(19(10,15)16)5-7(17-6)9(12)11-3-4-18(2,13)14/h5H,3-4H2,1-2H3,(H,11,12)(H2,10,15,16). The van der Waals surface area contributed by atoms with Crippen LogP contribution >= 0.6 is 0 Å². The summed E-state index contributed by atoms with van der Waals surface area (Å²) < 4.78 is 49.0. The van der Waals surface area contributed by atoms with E-state index >= 15 is 0 Å². The van der Waals surface area contributed by atoms with Gasteiger partial charge in [-0.1, -0.05) is 0 Å². The predicted octanol–water partition coefficient (Wildman–Crippen LogP) is -0.990. The number of primary sulfonamides is 1. The normalized spacial score (nSPS) is 12.4. The lowest BCUT2D eigenvalue weighted by Gasteiger charge is -2.01. The van der Waals surface area contributed by atoms with Crippen molar-refractivity contribution in [3.8, 4) is 0 Å². The van der Waals surface area contributed by atoms with Gasteiger partial charge in [-0.3, -0.25) is 4.79 Å². The maximum atomic E-state index is 11.6.